The summed E-state index contributed by atoms with van der Waals surface area (Å²) in [5.41, 5.74) is -0.299. The van der Waals surface area contributed by atoms with E-state index in [-0.39, 0.29) is 10.7 Å². The Kier molecular flexibility index (Phi) is 2.05. The summed E-state index contributed by atoms with van der Waals surface area (Å²) < 4.78 is 12.5. The normalized spacial score (nSPS) is 9.64. The molecule has 1 rings (SSSR count). The summed E-state index contributed by atoms with van der Waals surface area (Å²) in [6, 6.07) is 3.07. The van der Waals surface area contributed by atoms with E-state index in [1.807, 2.05) is 0 Å². The van der Waals surface area contributed by atoms with E-state index in [2.05, 4.69) is 0 Å². The van der Waals surface area contributed by atoms with Crippen LogP contribution >= 0.6 is 11.6 Å². The quantitative estimate of drug-likeness (QED) is 0.486. The summed E-state index contributed by atoms with van der Waals surface area (Å²) in [5, 5.41) is 9.95. The summed E-state index contributed by atoms with van der Waals surface area (Å²) in [7, 11) is 0. The summed E-state index contributed by atoms with van der Waals surface area (Å²) in [6.45, 7) is 0. The second kappa shape index (κ2) is 2.84. The molecule has 0 bridgehead atoms. The van der Waals surface area contributed by atoms with Crippen LogP contribution in [0.3, 0.4) is 0 Å². The van der Waals surface area contributed by atoms with Crippen LogP contribution in [0.5, 0.6) is 0 Å². The Morgan fingerprint density at radius 1 is 1.55 bits per heavy atom. The van der Waals surface area contributed by atoms with Crippen molar-refractivity contribution in [2.24, 2.45) is 0 Å². The third kappa shape index (κ3) is 1.65. The molecule has 0 fully saturated rings. The third-order valence-electron chi connectivity index (χ3n) is 1.11. The molecule has 0 aliphatic rings. The molecule has 0 aromatic heterocycles. The average Bonchev–Trinajstić information content (AvgIpc) is 1.94. The second-order valence-electron chi connectivity index (χ2n) is 1.86. The van der Waals surface area contributed by atoms with Gasteiger partial charge in [-0.1, -0.05) is 11.6 Å². The Labute approximate surface area is 66.6 Å². The van der Waals surface area contributed by atoms with Crippen LogP contribution in [-0.2, 0) is 0 Å². The van der Waals surface area contributed by atoms with E-state index in [9.17, 15) is 14.5 Å². The van der Waals surface area contributed by atoms with Crippen LogP contribution in [0.1, 0.15) is 0 Å². The Morgan fingerprint density at radius 3 is 2.64 bits per heavy atom. The monoisotopic (exact) mass is 175 g/mol. The number of rotatable bonds is 1. The van der Waals surface area contributed by atoms with E-state index in [4.69, 9.17) is 11.6 Å². The first kappa shape index (κ1) is 7.94. The van der Waals surface area contributed by atoms with E-state index in [1.54, 1.807) is 0 Å². The number of hydrogen-bond donors (Lipinski definition) is 0. The molecule has 0 amide bonds. The molecule has 0 saturated heterocycles. The van der Waals surface area contributed by atoms with Crippen molar-refractivity contribution in [1.82, 2.24) is 0 Å². The first-order valence-corrected chi connectivity index (χ1v) is 3.08. The average molecular weight is 176 g/mol. The molecule has 0 unspecified atom stereocenters. The summed E-state index contributed by atoms with van der Waals surface area (Å²) in [6.07, 6.45) is 0. The number of nitro groups is 1. The van der Waals surface area contributed by atoms with Crippen LogP contribution < -0.4 is 0 Å². The molecule has 1 aromatic rings. The number of nitro benzene ring substituents is 1. The maximum atomic E-state index is 12.5. The molecule has 11 heavy (non-hydrogen) atoms. The predicted molar refractivity (Wildman–Crippen MR) is 38.1 cm³/mol. The van der Waals surface area contributed by atoms with Crippen molar-refractivity contribution in [3.8, 4) is 0 Å². The number of hydrogen-bond acceptors (Lipinski definition) is 2. The van der Waals surface area contributed by atoms with Gasteiger partial charge in [-0.15, -0.1) is 0 Å². The van der Waals surface area contributed by atoms with Crippen molar-refractivity contribution in [3.05, 3.63) is 39.2 Å². The van der Waals surface area contributed by atoms with Crippen molar-refractivity contribution < 1.29 is 9.31 Å². The van der Waals surface area contributed by atoms with Gasteiger partial charge in [0.25, 0.3) is 5.69 Å². The lowest BCUT2D eigenvalue weighted by Crippen LogP contribution is -1.88. The Bertz CT molecular complexity index is 303. The summed E-state index contributed by atoms with van der Waals surface area (Å²) in [5.74, 6) is -0.777. The highest BCUT2D eigenvalue weighted by atomic mass is 35.5. The summed E-state index contributed by atoms with van der Waals surface area (Å²) in [4.78, 5) is 9.38. The van der Waals surface area contributed by atoms with Gasteiger partial charge in [0.15, 0.2) is 0 Å². The van der Waals surface area contributed by atoms with Crippen molar-refractivity contribution in [2.45, 2.75) is 0 Å². The van der Waals surface area contributed by atoms with Gasteiger partial charge in [-0.05, 0) is 6.07 Å². The zero-order chi connectivity index (χ0) is 8.43. The van der Waals surface area contributed by atoms with Gasteiger partial charge in [0.05, 0.1) is 16.0 Å². The van der Waals surface area contributed by atoms with Crippen LogP contribution in [0.4, 0.5) is 10.1 Å². The van der Waals surface area contributed by atoms with E-state index in [1.165, 1.54) is 0 Å². The standard InChI is InChI=1S/C6H3ClFNO2/c7-5-2-1-4(9(10)11)3-6(5)8/h1-3H. The molecule has 1 aromatic carbocycles. The van der Waals surface area contributed by atoms with Crippen LogP contribution in [0.2, 0.25) is 5.02 Å². The van der Waals surface area contributed by atoms with Gasteiger partial charge < -0.3 is 0 Å². The van der Waals surface area contributed by atoms with Gasteiger partial charge >= 0.3 is 0 Å². The van der Waals surface area contributed by atoms with Gasteiger partial charge in [0, 0.05) is 6.07 Å². The Balaban J connectivity index is 3.15. The zero-order valence-electron chi connectivity index (χ0n) is 5.25. The maximum Gasteiger partial charge on any atom is 0.272 e. The van der Waals surface area contributed by atoms with Crippen molar-refractivity contribution >= 4 is 17.3 Å². The highest BCUT2D eigenvalue weighted by molar-refractivity contribution is 6.30. The number of nitrogens with zero attached hydrogens (tertiary/aromatic N) is 1. The van der Waals surface area contributed by atoms with Gasteiger partial charge in [-0.2, -0.15) is 0 Å². The highest BCUT2D eigenvalue weighted by Gasteiger charge is 2.08. The topological polar surface area (TPSA) is 43.1 Å². The molecule has 5 heteroatoms. The highest BCUT2D eigenvalue weighted by Crippen LogP contribution is 2.19. The minimum Gasteiger partial charge on any atom is -0.258 e. The van der Waals surface area contributed by atoms with Crippen LogP contribution in [0.25, 0.3) is 0 Å². The number of halogens is 2. The fourth-order valence-corrected chi connectivity index (χ4v) is 0.716. The van der Waals surface area contributed by atoms with Crippen LogP contribution in [0, 0.1) is 15.9 Å². The van der Waals surface area contributed by atoms with Gasteiger partial charge in [0.1, 0.15) is 5.82 Å². The van der Waals surface area contributed by atoms with Gasteiger partial charge in [0.2, 0.25) is 0 Å². The largest absolute Gasteiger partial charge is 0.272 e. The fourth-order valence-electron chi connectivity index (χ4n) is 0.599. The van der Waals surface area contributed by atoms with Gasteiger partial charge in [-0.25, -0.2) is 4.39 Å². The van der Waals surface area contributed by atoms with Crippen LogP contribution in [-0.4, -0.2) is 4.92 Å². The molecule has 0 heterocycles. The summed E-state index contributed by atoms with van der Waals surface area (Å²) >= 11 is 5.29. The molecule has 0 N–H and O–H groups in total. The molecule has 0 saturated carbocycles. The lowest BCUT2D eigenvalue weighted by atomic mass is 10.3. The van der Waals surface area contributed by atoms with E-state index >= 15 is 0 Å². The SMILES string of the molecule is O=[N+]([O-])c1ccc(Cl)c(F)c1. The molecular formula is C6H3ClFNO2. The minimum absolute atomic E-state index is 0.115. The Hall–Kier alpha value is -1.16. The molecule has 0 aliphatic carbocycles. The molecule has 3 nitrogen and oxygen atoms in total. The maximum absolute atomic E-state index is 12.5. The first-order valence-electron chi connectivity index (χ1n) is 2.70. The molecule has 0 atom stereocenters. The molecular weight excluding hydrogens is 173 g/mol. The van der Waals surface area contributed by atoms with E-state index in [0.29, 0.717) is 0 Å². The lowest BCUT2D eigenvalue weighted by Gasteiger charge is -1.92. The molecule has 0 radical (unpaired) electrons. The number of non-ortho nitro benzene ring substituents is 1. The molecule has 0 spiro atoms. The second-order valence-corrected chi connectivity index (χ2v) is 2.26. The predicted octanol–water partition coefficient (Wildman–Crippen LogP) is 2.39. The fraction of sp³-hybridized carbons (Fsp3) is 0. The van der Waals surface area contributed by atoms with Crippen molar-refractivity contribution in [3.63, 3.8) is 0 Å². The van der Waals surface area contributed by atoms with Crippen molar-refractivity contribution in [1.29, 1.82) is 0 Å². The van der Waals surface area contributed by atoms with Crippen molar-refractivity contribution in [2.75, 3.05) is 0 Å². The first-order chi connectivity index (χ1) is 5.11. The molecule has 0 aliphatic heterocycles. The van der Waals surface area contributed by atoms with E-state index in [0.717, 1.165) is 18.2 Å². The molecule has 58 valence electrons. The van der Waals surface area contributed by atoms with E-state index < -0.39 is 10.7 Å². The smallest absolute Gasteiger partial charge is 0.258 e. The minimum atomic E-state index is -0.777. The zero-order valence-corrected chi connectivity index (χ0v) is 6.01. The lowest BCUT2D eigenvalue weighted by molar-refractivity contribution is -0.385. The third-order valence-corrected chi connectivity index (χ3v) is 1.42. The number of benzene rings is 1. The van der Waals surface area contributed by atoms with Gasteiger partial charge in [-0.3, -0.25) is 10.1 Å². The Morgan fingerprint density at radius 2 is 2.18 bits per heavy atom. The van der Waals surface area contributed by atoms with Crippen LogP contribution in [0.15, 0.2) is 18.2 Å².